The molecule has 0 amide bonds. The molecule has 0 aromatic rings. The Bertz CT molecular complexity index is 215. The van der Waals surface area contributed by atoms with E-state index in [1.807, 2.05) is 0 Å². The summed E-state index contributed by atoms with van der Waals surface area (Å²) >= 11 is 0. The van der Waals surface area contributed by atoms with Crippen molar-refractivity contribution in [3.05, 3.63) is 0 Å². The van der Waals surface area contributed by atoms with Crippen molar-refractivity contribution in [3.63, 3.8) is 0 Å². The van der Waals surface area contributed by atoms with Gasteiger partial charge in [-0.05, 0) is 62.2 Å². The van der Waals surface area contributed by atoms with Gasteiger partial charge in [-0.2, -0.15) is 0 Å². The molecule has 0 saturated heterocycles. The fourth-order valence-corrected chi connectivity index (χ4v) is 3.88. The lowest BCUT2D eigenvalue weighted by Gasteiger charge is -2.38. The van der Waals surface area contributed by atoms with E-state index in [1.54, 1.807) is 6.42 Å². The number of hydrogen-bond acceptors (Lipinski definition) is 1. The van der Waals surface area contributed by atoms with Crippen LogP contribution in [0.15, 0.2) is 0 Å². The van der Waals surface area contributed by atoms with Gasteiger partial charge in [-0.25, -0.2) is 0 Å². The summed E-state index contributed by atoms with van der Waals surface area (Å²) in [6, 6.07) is 0.865. The van der Waals surface area contributed by atoms with Crippen molar-refractivity contribution in [3.8, 4) is 0 Å². The van der Waals surface area contributed by atoms with Crippen molar-refractivity contribution in [2.75, 3.05) is 6.54 Å². The second-order valence-corrected chi connectivity index (χ2v) is 6.19. The van der Waals surface area contributed by atoms with E-state index < -0.39 is 0 Å². The molecule has 0 spiro atoms. The maximum absolute atomic E-state index is 3.83. The Labute approximate surface area is 87.7 Å². The highest BCUT2D eigenvalue weighted by Gasteiger charge is 2.44. The molecule has 3 saturated carbocycles. The Hall–Kier alpha value is -0.0400. The highest BCUT2D eigenvalue weighted by molar-refractivity contribution is 4.98. The quantitative estimate of drug-likeness (QED) is 0.726. The molecule has 0 aliphatic heterocycles. The molecular formula is C13H23N. The van der Waals surface area contributed by atoms with Crippen LogP contribution in [-0.2, 0) is 0 Å². The van der Waals surface area contributed by atoms with Gasteiger partial charge in [0, 0.05) is 12.6 Å². The molecule has 1 heteroatoms. The van der Waals surface area contributed by atoms with E-state index in [2.05, 4.69) is 12.2 Å². The van der Waals surface area contributed by atoms with Crippen LogP contribution >= 0.6 is 0 Å². The SMILES string of the molecule is CC1CCC1NCC12CCC(CC1)C2. The molecule has 0 radical (unpaired) electrons. The van der Waals surface area contributed by atoms with Crippen LogP contribution in [0, 0.1) is 17.3 Å². The summed E-state index contributed by atoms with van der Waals surface area (Å²) < 4.78 is 0. The summed E-state index contributed by atoms with van der Waals surface area (Å²) in [7, 11) is 0. The van der Waals surface area contributed by atoms with Crippen molar-refractivity contribution in [1.29, 1.82) is 0 Å². The molecule has 3 fully saturated rings. The van der Waals surface area contributed by atoms with E-state index >= 15 is 0 Å². The zero-order valence-electron chi connectivity index (χ0n) is 9.39. The third-order valence-corrected chi connectivity index (χ3v) is 5.25. The summed E-state index contributed by atoms with van der Waals surface area (Å²) in [6.07, 6.45) is 10.5. The summed E-state index contributed by atoms with van der Waals surface area (Å²) in [5.41, 5.74) is 0.750. The van der Waals surface area contributed by atoms with Crippen molar-refractivity contribution in [2.45, 2.75) is 57.9 Å². The fourth-order valence-electron chi connectivity index (χ4n) is 3.88. The van der Waals surface area contributed by atoms with Crippen molar-refractivity contribution in [2.24, 2.45) is 17.3 Å². The van der Waals surface area contributed by atoms with E-state index in [9.17, 15) is 0 Å². The average Bonchev–Trinajstić information content (AvgIpc) is 2.75. The van der Waals surface area contributed by atoms with Gasteiger partial charge >= 0.3 is 0 Å². The van der Waals surface area contributed by atoms with E-state index in [1.165, 1.54) is 45.1 Å². The molecule has 3 aliphatic rings. The maximum Gasteiger partial charge on any atom is 0.00930 e. The zero-order chi connectivity index (χ0) is 9.60. The summed E-state index contributed by atoms with van der Waals surface area (Å²) in [5, 5.41) is 3.83. The number of nitrogens with one attached hydrogen (secondary N) is 1. The molecule has 1 N–H and O–H groups in total. The third kappa shape index (κ3) is 1.41. The minimum Gasteiger partial charge on any atom is -0.313 e. The Morgan fingerprint density at radius 1 is 1.14 bits per heavy atom. The molecule has 2 bridgehead atoms. The Balaban J connectivity index is 1.52. The minimum absolute atomic E-state index is 0.750. The number of fused-ring (bicyclic) bond motifs is 2. The molecule has 0 aromatic heterocycles. The Kier molecular flexibility index (Phi) is 2.12. The van der Waals surface area contributed by atoms with Gasteiger partial charge in [0.05, 0.1) is 0 Å². The Morgan fingerprint density at radius 2 is 1.93 bits per heavy atom. The molecule has 2 atom stereocenters. The standard InChI is InChI=1S/C13H23N/c1-10-2-3-12(10)14-9-13-6-4-11(8-13)5-7-13/h10-12,14H,2-9H2,1H3. The van der Waals surface area contributed by atoms with Gasteiger partial charge in [0.15, 0.2) is 0 Å². The largest absolute Gasteiger partial charge is 0.313 e. The van der Waals surface area contributed by atoms with Crippen LogP contribution in [0.4, 0.5) is 0 Å². The predicted octanol–water partition coefficient (Wildman–Crippen LogP) is 2.95. The van der Waals surface area contributed by atoms with Gasteiger partial charge in [0.25, 0.3) is 0 Å². The molecule has 3 rings (SSSR count). The third-order valence-electron chi connectivity index (χ3n) is 5.25. The van der Waals surface area contributed by atoms with Gasteiger partial charge in [-0.1, -0.05) is 6.92 Å². The molecule has 3 aliphatic carbocycles. The van der Waals surface area contributed by atoms with Crippen LogP contribution in [0.25, 0.3) is 0 Å². The molecular weight excluding hydrogens is 170 g/mol. The lowest BCUT2D eigenvalue weighted by Crippen LogP contribution is -2.46. The van der Waals surface area contributed by atoms with Crippen LogP contribution in [-0.4, -0.2) is 12.6 Å². The smallest absolute Gasteiger partial charge is 0.00930 e. The predicted molar refractivity (Wildman–Crippen MR) is 59.2 cm³/mol. The van der Waals surface area contributed by atoms with Crippen LogP contribution in [0.5, 0.6) is 0 Å². The lowest BCUT2D eigenvalue weighted by molar-refractivity contribution is 0.186. The molecule has 14 heavy (non-hydrogen) atoms. The summed E-state index contributed by atoms with van der Waals surface area (Å²) in [5.74, 6) is 2.06. The minimum atomic E-state index is 0.750. The van der Waals surface area contributed by atoms with Gasteiger partial charge in [0.1, 0.15) is 0 Å². The second kappa shape index (κ2) is 3.23. The molecule has 2 unspecified atom stereocenters. The van der Waals surface area contributed by atoms with E-state index in [-0.39, 0.29) is 0 Å². The molecule has 1 nitrogen and oxygen atoms in total. The van der Waals surface area contributed by atoms with Gasteiger partial charge in [-0.3, -0.25) is 0 Å². The molecule has 0 aromatic carbocycles. The van der Waals surface area contributed by atoms with Crippen molar-refractivity contribution >= 4 is 0 Å². The first-order valence-electron chi connectivity index (χ1n) is 6.51. The highest BCUT2D eigenvalue weighted by Crippen LogP contribution is 2.53. The van der Waals surface area contributed by atoms with Gasteiger partial charge in [0.2, 0.25) is 0 Å². The van der Waals surface area contributed by atoms with Crippen LogP contribution < -0.4 is 5.32 Å². The monoisotopic (exact) mass is 193 g/mol. The van der Waals surface area contributed by atoms with Crippen LogP contribution in [0.2, 0.25) is 0 Å². The first-order valence-corrected chi connectivity index (χ1v) is 6.51. The second-order valence-electron chi connectivity index (χ2n) is 6.19. The first-order chi connectivity index (χ1) is 6.77. The number of rotatable bonds is 3. The zero-order valence-corrected chi connectivity index (χ0v) is 9.39. The Morgan fingerprint density at radius 3 is 2.36 bits per heavy atom. The molecule has 80 valence electrons. The molecule has 0 heterocycles. The van der Waals surface area contributed by atoms with Gasteiger partial charge in [-0.15, -0.1) is 0 Å². The van der Waals surface area contributed by atoms with Crippen molar-refractivity contribution < 1.29 is 0 Å². The summed E-state index contributed by atoms with van der Waals surface area (Å²) in [4.78, 5) is 0. The average molecular weight is 193 g/mol. The fraction of sp³-hybridized carbons (Fsp3) is 1.00. The summed E-state index contributed by atoms with van der Waals surface area (Å²) in [6.45, 7) is 3.73. The van der Waals surface area contributed by atoms with E-state index in [4.69, 9.17) is 0 Å². The maximum atomic E-state index is 3.83. The van der Waals surface area contributed by atoms with E-state index in [0.29, 0.717) is 0 Å². The first kappa shape index (κ1) is 9.21. The van der Waals surface area contributed by atoms with Crippen LogP contribution in [0.3, 0.4) is 0 Å². The highest BCUT2D eigenvalue weighted by atomic mass is 15.0. The normalized spacial score (nSPS) is 50.8. The number of hydrogen-bond donors (Lipinski definition) is 1. The lowest BCUT2D eigenvalue weighted by atomic mass is 9.79. The van der Waals surface area contributed by atoms with Crippen LogP contribution in [0.1, 0.15) is 51.9 Å². The topological polar surface area (TPSA) is 12.0 Å². The van der Waals surface area contributed by atoms with Gasteiger partial charge < -0.3 is 5.32 Å². The van der Waals surface area contributed by atoms with E-state index in [0.717, 1.165) is 23.3 Å². The van der Waals surface area contributed by atoms with Crippen molar-refractivity contribution in [1.82, 2.24) is 5.32 Å².